The van der Waals surface area contributed by atoms with Crippen molar-refractivity contribution in [2.45, 2.75) is 37.8 Å². The number of aryl methyl sites for hydroxylation is 1. The first-order valence-corrected chi connectivity index (χ1v) is 7.21. The fraction of sp³-hybridized carbons (Fsp3) is 0.462. The number of nitrogen functional groups attached to an aromatic ring is 1. The van der Waals surface area contributed by atoms with Crippen LogP contribution in [0.1, 0.15) is 25.1 Å². The van der Waals surface area contributed by atoms with Crippen molar-refractivity contribution in [2.24, 2.45) is 5.73 Å². The van der Waals surface area contributed by atoms with Gasteiger partial charge in [0.05, 0.1) is 5.69 Å². The van der Waals surface area contributed by atoms with E-state index in [1.807, 2.05) is 13.0 Å². The molecule has 21 heavy (non-hydrogen) atoms. The van der Waals surface area contributed by atoms with Crippen LogP contribution in [0.3, 0.4) is 0 Å². The third-order valence-corrected chi connectivity index (χ3v) is 3.61. The number of pyridine rings is 1. The molecule has 0 fully saturated rings. The van der Waals surface area contributed by atoms with Crippen LogP contribution in [0, 0.1) is 6.92 Å². The van der Waals surface area contributed by atoms with E-state index in [0.29, 0.717) is 11.6 Å². The zero-order valence-electron chi connectivity index (χ0n) is 12.2. The monoisotopic (exact) mass is 315 g/mol. The van der Waals surface area contributed by atoms with Crippen molar-refractivity contribution in [1.29, 1.82) is 0 Å². The third-order valence-electron chi connectivity index (χ3n) is 2.33. The lowest BCUT2D eigenvalue weighted by Gasteiger charge is -2.15. The number of carboxylic acid groups (broad SMARTS) is 2. The van der Waals surface area contributed by atoms with Crippen molar-refractivity contribution in [1.82, 2.24) is 4.98 Å². The molecule has 1 aromatic rings. The number of thioether (sulfide) groups is 1. The smallest absolute Gasteiger partial charge is 0.321 e. The molecule has 7 nitrogen and oxygen atoms in total. The van der Waals surface area contributed by atoms with Crippen molar-refractivity contribution in [3.05, 3.63) is 23.4 Å². The summed E-state index contributed by atoms with van der Waals surface area (Å²) < 4.78 is 0. The molecular weight excluding hydrogens is 294 g/mol. The van der Waals surface area contributed by atoms with Crippen molar-refractivity contribution in [3.8, 4) is 0 Å². The van der Waals surface area contributed by atoms with Gasteiger partial charge in [0.2, 0.25) is 0 Å². The average Bonchev–Trinajstić information content (AvgIpc) is 2.33. The van der Waals surface area contributed by atoms with E-state index in [9.17, 15) is 4.79 Å². The minimum atomic E-state index is -0.985. The van der Waals surface area contributed by atoms with E-state index < -0.39 is 18.0 Å². The van der Waals surface area contributed by atoms with Gasteiger partial charge in [-0.15, -0.1) is 0 Å². The van der Waals surface area contributed by atoms with Gasteiger partial charge in [-0.25, -0.2) is 4.98 Å². The average molecular weight is 315 g/mol. The minimum absolute atomic E-state index is 0.170. The van der Waals surface area contributed by atoms with Gasteiger partial charge in [0.1, 0.15) is 11.9 Å². The van der Waals surface area contributed by atoms with Crippen LogP contribution < -0.4 is 11.5 Å². The van der Waals surface area contributed by atoms with Gasteiger partial charge < -0.3 is 21.7 Å². The Balaban J connectivity index is 0.000000885. The molecule has 0 aliphatic carbocycles. The first-order chi connectivity index (χ1) is 9.63. The molecule has 2 atom stereocenters. The molecule has 0 saturated heterocycles. The predicted molar refractivity (Wildman–Crippen MR) is 83.1 cm³/mol. The number of hydrogen-bond donors (Lipinski definition) is 4. The maximum atomic E-state index is 10.7. The lowest BCUT2D eigenvalue weighted by molar-refractivity contribution is -0.138. The molecule has 1 aromatic heterocycles. The number of carbonyl (C=O) groups is 2. The summed E-state index contributed by atoms with van der Waals surface area (Å²) in [7, 11) is 0. The third kappa shape index (κ3) is 8.87. The van der Waals surface area contributed by atoms with Gasteiger partial charge in [-0.3, -0.25) is 9.59 Å². The lowest BCUT2D eigenvalue weighted by Crippen LogP contribution is -2.38. The van der Waals surface area contributed by atoms with Crippen LogP contribution in [-0.4, -0.2) is 38.4 Å². The minimum Gasteiger partial charge on any atom is -0.481 e. The molecule has 0 aliphatic rings. The highest BCUT2D eigenvalue weighted by molar-refractivity contribution is 7.99. The number of nitrogens with two attached hydrogens (primary N) is 2. The lowest BCUT2D eigenvalue weighted by atomic mass is 10.2. The van der Waals surface area contributed by atoms with Gasteiger partial charge in [-0.2, -0.15) is 11.8 Å². The van der Waals surface area contributed by atoms with E-state index in [0.717, 1.165) is 18.2 Å². The highest BCUT2D eigenvalue weighted by Crippen LogP contribution is 2.20. The van der Waals surface area contributed by atoms with Gasteiger partial charge in [0, 0.05) is 17.9 Å². The summed E-state index contributed by atoms with van der Waals surface area (Å²) in [5.74, 6) is -0.730. The Bertz CT molecular complexity index is 472. The van der Waals surface area contributed by atoms with Crippen LogP contribution in [0.25, 0.3) is 0 Å². The van der Waals surface area contributed by atoms with Gasteiger partial charge in [-0.05, 0) is 24.6 Å². The van der Waals surface area contributed by atoms with E-state index in [1.165, 1.54) is 11.8 Å². The number of aliphatic carboxylic acids is 2. The number of carboxylic acids is 2. The topological polar surface area (TPSA) is 140 Å². The molecule has 8 heteroatoms. The number of hydrogen-bond acceptors (Lipinski definition) is 6. The molecular formula is C13H21N3O4S. The largest absolute Gasteiger partial charge is 0.481 e. The zero-order valence-corrected chi connectivity index (χ0v) is 13.1. The summed E-state index contributed by atoms with van der Waals surface area (Å²) in [5.41, 5.74) is 13.0. The second-order valence-corrected chi connectivity index (χ2v) is 5.83. The summed E-state index contributed by atoms with van der Waals surface area (Å²) in [6, 6.07) is 2.87. The zero-order chi connectivity index (χ0) is 16.6. The van der Waals surface area contributed by atoms with Gasteiger partial charge in [-0.1, -0.05) is 6.92 Å². The number of aromatic nitrogens is 1. The Morgan fingerprint density at radius 3 is 2.33 bits per heavy atom. The highest BCUT2D eigenvalue weighted by atomic mass is 32.2. The molecule has 0 spiro atoms. The Kier molecular flexibility index (Phi) is 8.41. The fourth-order valence-electron chi connectivity index (χ4n) is 1.36. The van der Waals surface area contributed by atoms with Crippen LogP contribution >= 0.6 is 11.8 Å². The summed E-state index contributed by atoms with van der Waals surface area (Å²) in [4.78, 5) is 23.9. The number of rotatable bonds is 5. The normalized spacial score (nSPS) is 12.8. The SMILES string of the molecule is CC(=O)O.Cc1cc(N)nc(CS[C@@H](C)[C@H](N)C(=O)O)c1. The molecule has 118 valence electrons. The van der Waals surface area contributed by atoms with E-state index >= 15 is 0 Å². The highest BCUT2D eigenvalue weighted by Gasteiger charge is 2.20. The summed E-state index contributed by atoms with van der Waals surface area (Å²) in [5, 5.41) is 16.0. The first kappa shape index (κ1) is 19.2. The van der Waals surface area contributed by atoms with E-state index in [-0.39, 0.29) is 5.25 Å². The summed E-state index contributed by atoms with van der Waals surface area (Å²) >= 11 is 1.46. The number of nitrogens with zero attached hydrogens (tertiary/aromatic N) is 1. The molecule has 1 heterocycles. The predicted octanol–water partition coefficient (Wildman–Crippen LogP) is 1.10. The Hall–Kier alpha value is -1.80. The first-order valence-electron chi connectivity index (χ1n) is 6.16. The molecule has 0 bridgehead atoms. The van der Waals surface area contributed by atoms with E-state index in [1.54, 1.807) is 13.0 Å². The van der Waals surface area contributed by atoms with E-state index in [2.05, 4.69) is 4.98 Å². The van der Waals surface area contributed by atoms with Crippen LogP contribution in [0.5, 0.6) is 0 Å². The number of anilines is 1. The quantitative estimate of drug-likeness (QED) is 0.633. The van der Waals surface area contributed by atoms with E-state index in [4.69, 9.17) is 26.5 Å². The van der Waals surface area contributed by atoms with Crippen LogP contribution in [-0.2, 0) is 15.3 Å². The second-order valence-electron chi connectivity index (χ2n) is 4.46. The maximum absolute atomic E-state index is 10.7. The molecule has 0 radical (unpaired) electrons. The Morgan fingerprint density at radius 1 is 1.38 bits per heavy atom. The molecule has 0 saturated carbocycles. The second kappa shape index (κ2) is 9.19. The molecule has 0 aliphatic heterocycles. The summed E-state index contributed by atoms with van der Waals surface area (Å²) in [6.45, 7) is 4.82. The standard InChI is InChI=1S/C11H17N3O2S.C2H4O2/c1-6-3-8(14-9(12)4-6)5-17-7(2)10(13)11(15)16;1-2(3)4/h3-4,7,10H,5,13H2,1-2H3,(H2,12,14)(H,15,16);1H3,(H,3,4)/t7-,10-;/m0./s1. The maximum Gasteiger partial charge on any atom is 0.321 e. The molecule has 0 unspecified atom stereocenters. The Morgan fingerprint density at radius 2 is 1.90 bits per heavy atom. The molecule has 1 rings (SSSR count). The molecule has 0 amide bonds. The fourth-order valence-corrected chi connectivity index (χ4v) is 2.27. The van der Waals surface area contributed by atoms with Gasteiger partial charge >= 0.3 is 5.97 Å². The van der Waals surface area contributed by atoms with Crippen LogP contribution in [0.4, 0.5) is 5.82 Å². The van der Waals surface area contributed by atoms with Crippen molar-refractivity contribution in [2.75, 3.05) is 5.73 Å². The van der Waals surface area contributed by atoms with Crippen LogP contribution in [0.2, 0.25) is 0 Å². The Labute approximate surface area is 127 Å². The molecule has 0 aromatic carbocycles. The van der Waals surface area contributed by atoms with Gasteiger partial charge in [0.15, 0.2) is 0 Å². The summed E-state index contributed by atoms with van der Waals surface area (Å²) in [6.07, 6.45) is 0. The molecule has 6 N–H and O–H groups in total. The van der Waals surface area contributed by atoms with Crippen LogP contribution in [0.15, 0.2) is 12.1 Å². The van der Waals surface area contributed by atoms with Crippen molar-refractivity contribution in [3.63, 3.8) is 0 Å². The van der Waals surface area contributed by atoms with Crippen molar-refractivity contribution >= 4 is 29.5 Å². The van der Waals surface area contributed by atoms with Gasteiger partial charge in [0.25, 0.3) is 5.97 Å². The van der Waals surface area contributed by atoms with Crippen molar-refractivity contribution < 1.29 is 19.8 Å².